The predicted molar refractivity (Wildman–Crippen MR) is 58.0 cm³/mol. The van der Waals surface area contributed by atoms with Crippen LogP contribution < -0.4 is 0 Å². The molecule has 0 radical (unpaired) electrons. The molecule has 1 amide bonds. The smallest absolute Gasteiger partial charge is 0.225 e. The van der Waals surface area contributed by atoms with Crippen LogP contribution >= 0.6 is 0 Å². The van der Waals surface area contributed by atoms with E-state index in [-0.39, 0.29) is 18.4 Å². The normalized spacial score (nSPS) is 11.9. The molecule has 0 unspecified atom stereocenters. The van der Waals surface area contributed by atoms with Crippen LogP contribution in [0.15, 0.2) is 0 Å². The summed E-state index contributed by atoms with van der Waals surface area (Å²) < 4.78 is 0. The van der Waals surface area contributed by atoms with Crippen LogP contribution in [0, 0.1) is 5.92 Å². The Bertz CT molecular complexity index is 186. The van der Waals surface area contributed by atoms with E-state index in [2.05, 4.69) is 0 Å². The van der Waals surface area contributed by atoms with Gasteiger partial charge in [0.15, 0.2) is 0 Å². The summed E-state index contributed by atoms with van der Waals surface area (Å²) in [6.07, 6.45) is 1.72. The fourth-order valence-electron chi connectivity index (χ4n) is 1.32. The summed E-state index contributed by atoms with van der Waals surface area (Å²) in [6, 6.07) is 0. The van der Waals surface area contributed by atoms with E-state index in [1.165, 1.54) is 0 Å². The van der Waals surface area contributed by atoms with Crippen molar-refractivity contribution >= 4 is 5.91 Å². The zero-order valence-corrected chi connectivity index (χ0v) is 10.0. The van der Waals surface area contributed by atoms with Gasteiger partial charge in [0.05, 0.1) is 12.1 Å². The van der Waals surface area contributed by atoms with Crippen molar-refractivity contribution in [2.45, 2.75) is 46.1 Å². The van der Waals surface area contributed by atoms with E-state index >= 15 is 0 Å². The third kappa shape index (κ3) is 2.98. The average Bonchev–Trinajstić information content (AvgIpc) is 2.18. The molecule has 0 saturated carbocycles. The first-order valence-electron chi connectivity index (χ1n) is 5.29. The van der Waals surface area contributed by atoms with Crippen molar-refractivity contribution in [1.29, 1.82) is 0 Å². The summed E-state index contributed by atoms with van der Waals surface area (Å²) in [6.45, 7) is 7.77. The molecule has 3 nitrogen and oxygen atoms in total. The molecule has 0 aromatic carbocycles. The quantitative estimate of drug-likeness (QED) is 0.734. The van der Waals surface area contributed by atoms with Crippen LogP contribution in [0.5, 0.6) is 0 Å². The van der Waals surface area contributed by atoms with Gasteiger partial charge in [0, 0.05) is 13.0 Å². The molecule has 0 aliphatic carbocycles. The Morgan fingerprint density at radius 3 is 2.07 bits per heavy atom. The lowest BCUT2D eigenvalue weighted by atomic mass is 9.97. The highest BCUT2D eigenvalue weighted by molar-refractivity contribution is 5.79. The molecular formula is C11H23NO2. The molecule has 0 rings (SSSR count). The Balaban J connectivity index is 4.52. The summed E-state index contributed by atoms with van der Waals surface area (Å²) in [5, 5.41) is 9.15. The second-order valence-corrected chi connectivity index (χ2v) is 4.38. The van der Waals surface area contributed by atoms with Crippen LogP contribution in [0.3, 0.4) is 0 Å². The number of aliphatic hydroxyl groups excluding tert-OH is 1. The standard InChI is InChI=1S/C11H23NO2/c1-6-9(7-2)10(14)12(5)11(3,4)8-13/h9,13H,6-8H2,1-5H3. The van der Waals surface area contributed by atoms with Crippen molar-refractivity contribution in [2.24, 2.45) is 5.92 Å². The monoisotopic (exact) mass is 201 g/mol. The highest BCUT2D eigenvalue weighted by atomic mass is 16.3. The number of carbonyl (C=O) groups excluding carboxylic acids is 1. The van der Waals surface area contributed by atoms with Gasteiger partial charge < -0.3 is 10.0 Å². The van der Waals surface area contributed by atoms with E-state index in [9.17, 15) is 4.79 Å². The summed E-state index contributed by atoms with van der Waals surface area (Å²) in [5.74, 6) is 0.222. The highest BCUT2D eigenvalue weighted by Crippen LogP contribution is 2.18. The highest BCUT2D eigenvalue weighted by Gasteiger charge is 2.29. The third-order valence-corrected chi connectivity index (χ3v) is 2.96. The molecule has 0 atom stereocenters. The number of hydrogen-bond donors (Lipinski definition) is 1. The van der Waals surface area contributed by atoms with E-state index in [0.717, 1.165) is 12.8 Å². The molecule has 0 saturated heterocycles. The topological polar surface area (TPSA) is 40.5 Å². The van der Waals surface area contributed by atoms with Crippen molar-refractivity contribution in [3.05, 3.63) is 0 Å². The SMILES string of the molecule is CCC(CC)C(=O)N(C)C(C)(C)CO. The van der Waals surface area contributed by atoms with E-state index < -0.39 is 5.54 Å². The molecule has 84 valence electrons. The van der Waals surface area contributed by atoms with E-state index in [1.54, 1.807) is 11.9 Å². The van der Waals surface area contributed by atoms with Gasteiger partial charge in [-0.3, -0.25) is 4.79 Å². The van der Waals surface area contributed by atoms with Crippen LogP contribution in [0.1, 0.15) is 40.5 Å². The number of hydrogen-bond acceptors (Lipinski definition) is 2. The number of nitrogens with zero attached hydrogens (tertiary/aromatic N) is 1. The minimum Gasteiger partial charge on any atom is -0.394 e. The van der Waals surface area contributed by atoms with Crippen LogP contribution in [0.4, 0.5) is 0 Å². The predicted octanol–water partition coefficient (Wildman–Crippen LogP) is 1.65. The maximum Gasteiger partial charge on any atom is 0.225 e. The largest absolute Gasteiger partial charge is 0.394 e. The van der Waals surface area contributed by atoms with Gasteiger partial charge in [-0.15, -0.1) is 0 Å². The molecule has 0 aliphatic rings. The van der Waals surface area contributed by atoms with Gasteiger partial charge in [0.2, 0.25) is 5.91 Å². The molecule has 0 aliphatic heterocycles. The Labute approximate surface area is 87.1 Å². The minimum absolute atomic E-state index is 0.00457. The summed E-state index contributed by atoms with van der Waals surface area (Å²) >= 11 is 0. The first-order chi connectivity index (χ1) is 6.40. The van der Waals surface area contributed by atoms with Gasteiger partial charge in [-0.25, -0.2) is 0 Å². The Hall–Kier alpha value is -0.570. The maximum atomic E-state index is 11.9. The zero-order valence-electron chi connectivity index (χ0n) is 10.0. The second kappa shape index (κ2) is 5.35. The number of aliphatic hydroxyl groups is 1. The Morgan fingerprint density at radius 1 is 1.36 bits per heavy atom. The van der Waals surface area contributed by atoms with Gasteiger partial charge in [-0.2, -0.15) is 0 Å². The first-order valence-corrected chi connectivity index (χ1v) is 5.29. The lowest BCUT2D eigenvalue weighted by Gasteiger charge is -2.36. The van der Waals surface area contributed by atoms with Crippen LogP contribution in [0.25, 0.3) is 0 Å². The molecule has 1 N–H and O–H groups in total. The van der Waals surface area contributed by atoms with Gasteiger partial charge in [0.1, 0.15) is 0 Å². The van der Waals surface area contributed by atoms with Crippen molar-refractivity contribution in [2.75, 3.05) is 13.7 Å². The molecule has 0 bridgehead atoms. The van der Waals surface area contributed by atoms with Gasteiger partial charge in [0.25, 0.3) is 0 Å². The Morgan fingerprint density at radius 2 is 1.79 bits per heavy atom. The van der Waals surface area contributed by atoms with Crippen LogP contribution in [-0.4, -0.2) is 35.1 Å². The van der Waals surface area contributed by atoms with E-state index in [1.807, 2.05) is 27.7 Å². The number of likely N-dealkylation sites (N-methyl/N-ethyl adjacent to an activating group) is 1. The van der Waals surface area contributed by atoms with Crippen molar-refractivity contribution in [1.82, 2.24) is 4.90 Å². The molecule has 0 spiro atoms. The number of amides is 1. The summed E-state index contributed by atoms with van der Waals surface area (Å²) in [7, 11) is 1.76. The van der Waals surface area contributed by atoms with Crippen molar-refractivity contribution < 1.29 is 9.90 Å². The number of carbonyl (C=O) groups is 1. The van der Waals surface area contributed by atoms with E-state index in [0.29, 0.717) is 0 Å². The molecule has 0 aromatic heterocycles. The lowest BCUT2D eigenvalue weighted by Crippen LogP contribution is -2.49. The fraction of sp³-hybridized carbons (Fsp3) is 0.909. The third-order valence-electron chi connectivity index (χ3n) is 2.96. The molecule has 3 heteroatoms. The van der Waals surface area contributed by atoms with Crippen molar-refractivity contribution in [3.8, 4) is 0 Å². The lowest BCUT2D eigenvalue weighted by molar-refractivity contribution is -0.140. The molecular weight excluding hydrogens is 178 g/mol. The van der Waals surface area contributed by atoms with Crippen LogP contribution in [-0.2, 0) is 4.79 Å². The van der Waals surface area contributed by atoms with Crippen molar-refractivity contribution in [3.63, 3.8) is 0 Å². The maximum absolute atomic E-state index is 11.9. The molecule has 0 fully saturated rings. The van der Waals surface area contributed by atoms with Crippen LogP contribution in [0.2, 0.25) is 0 Å². The first kappa shape index (κ1) is 13.4. The van der Waals surface area contributed by atoms with Gasteiger partial charge >= 0.3 is 0 Å². The Kier molecular flexibility index (Phi) is 5.13. The van der Waals surface area contributed by atoms with E-state index in [4.69, 9.17) is 5.11 Å². The fourth-order valence-corrected chi connectivity index (χ4v) is 1.32. The second-order valence-electron chi connectivity index (χ2n) is 4.38. The van der Waals surface area contributed by atoms with Gasteiger partial charge in [-0.05, 0) is 26.7 Å². The van der Waals surface area contributed by atoms with Gasteiger partial charge in [-0.1, -0.05) is 13.8 Å². The molecule has 14 heavy (non-hydrogen) atoms. The molecule has 0 heterocycles. The summed E-state index contributed by atoms with van der Waals surface area (Å²) in [5.41, 5.74) is -0.459. The minimum atomic E-state index is -0.459. The average molecular weight is 201 g/mol. The summed E-state index contributed by atoms with van der Waals surface area (Å²) in [4.78, 5) is 13.6. The molecule has 0 aromatic rings. The zero-order chi connectivity index (χ0) is 11.4. The number of rotatable bonds is 5.